The van der Waals surface area contributed by atoms with Crippen LogP contribution in [0.2, 0.25) is 5.02 Å². The summed E-state index contributed by atoms with van der Waals surface area (Å²) in [6.45, 7) is 6.64. The summed E-state index contributed by atoms with van der Waals surface area (Å²) in [6, 6.07) is 3.93. The van der Waals surface area contributed by atoms with E-state index < -0.39 is 34.7 Å². The lowest BCUT2D eigenvalue weighted by Crippen LogP contribution is -2.44. The molecule has 0 fully saturated rings. The van der Waals surface area contributed by atoms with Crippen LogP contribution in [0.3, 0.4) is 0 Å². The van der Waals surface area contributed by atoms with Gasteiger partial charge in [0.15, 0.2) is 5.78 Å². The molecule has 1 amide bonds. The van der Waals surface area contributed by atoms with E-state index in [-0.39, 0.29) is 22.9 Å². The second-order valence-corrected chi connectivity index (χ2v) is 7.21. The van der Waals surface area contributed by atoms with Gasteiger partial charge in [0.05, 0.1) is 5.02 Å². The molecule has 0 aliphatic rings. The summed E-state index contributed by atoms with van der Waals surface area (Å²) in [5.41, 5.74) is -0.172. The molecule has 1 N–H and O–H groups in total. The van der Waals surface area contributed by atoms with Crippen molar-refractivity contribution in [1.82, 2.24) is 10.3 Å². The van der Waals surface area contributed by atoms with Crippen molar-refractivity contribution in [3.63, 3.8) is 0 Å². The third-order valence-electron chi connectivity index (χ3n) is 3.30. The van der Waals surface area contributed by atoms with Gasteiger partial charge in [-0.2, -0.15) is 0 Å². The van der Waals surface area contributed by atoms with Crippen molar-refractivity contribution in [1.29, 1.82) is 0 Å². The fourth-order valence-electron chi connectivity index (χ4n) is 2.17. The van der Waals surface area contributed by atoms with E-state index in [2.05, 4.69) is 10.3 Å². The summed E-state index contributed by atoms with van der Waals surface area (Å²) in [5, 5.41) is 2.41. The minimum Gasteiger partial charge on any atom is -0.438 e. The zero-order chi connectivity index (χ0) is 19.6. The lowest BCUT2D eigenvalue weighted by atomic mass is 10.1. The number of carbonyl (C=O) groups is 3. The highest BCUT2D eigenvalue weighted by atomic mass is 35.5. The molecule has 0 atom stereocenters. The number of nitrogens with zero attached hydrogens (tertiary/aromatic N) is 1. The Bertz CT molecular complexity index is 884. The van der Waals surface area contributed by atoms with Gasteiger partial charge in [-0.05, 0) is 45.4 Å². The standard InChI is InChI=1S/C18H18ClFN2O4/c1-9-14(13(23)8-10-5-6-12(20)11(19)7-10)21-17(26-9)15(24)16(25)22-18(2,3)4/h5-7H,8H2,1-4H3,(H,22,25). The summed E-state index contributed by atoms with van der Waals surface area (Å²) >= 11 is 5.70. The van der Waals surface area contributed by atoms with E-state index in [0.717, 1.165) is 6.07 Å². The first kappa shape index (κ1) is 19.8. The van der Waals surface area contributed by atoms with Gasteiger partial charge in [-0.1, -0.05) is 17.7 Å². The maximum absolute atomic E-state index is 13.2. The van der Waals surface area contributed by atoms with Gasteiger partial charge in [0.2, 0.25) is 0 Å². The van der Waals surface area contributed by atoms with Gasteiger partial charge < -0.3 is 9.73 Å². The number of aryl methyl sites for hydroxylation is 1. The highest BCUT2D eigenvalue weighted by Gasteiger charge is 2.28. The highest BCUT2D eigenvalue weighted by molar-refractivity contribution is 6.41. The van der Waals surface area contributed by atoms with Gasteiger partial charge in [0.25, 0.3) is 11.8 Å². The number of hydrogen-bond donors (Lipinski definition) is 1. The van der Waals surface area contributed by atoms with Crippen LogP contribution in [0, 0.1) is 12.7 Å². The van der Waals surface area contributed by atoms with Crippen LogP contribution < -0.4 is 5.32 Å². The van der Waals surface area contributed by atoms with Crippen LogP contribution in [-0.4, -0.2) is 28.0 Å². The number of hydrogen-bond acceptors (Lipinski definition) is 5. The number of aromatic nitrogens is 1. The van der Waals surface area contributed by atoms with Gasteiger partial charge >= 0.3 is 5.78 Å². The summed E-state index contributed by atoms with van der Waals surface area (Å²) in [5.74, 6) is -3.20. The monoisotopic (exact) mass is 380 g/mol. The predicted octanol–water partition coefficient (Wildman–Crippen LogP) is 3.30. The van der Waals surface area contributed by atoms with Crippen molar-refractivity contribution >= 4 is 29.1 Å². The Balaban J connectivity index is 2.18. The second kappa shape index (κ2) is 7.37. The number of nitrogens with one attached hydrogen (secondary N) is 1. The molecular weight excluding hydrogens is 363 g/mol. The quantitative estimate of drug-likeness (QED) is 0.635. The second-order valence-electron chi connectivity index (χ2n) is 6.81. The molecule has 6 nitrogen and oxygen atoms in total. The smallest absolute Gasteiger partial charge is 0.304 e. The molecule has 0 radical (unpaired) electrons. The molecule has 1 aromatic carbocycles. The Labute approximate surface area is 154 Å². The van der Waals surface area contributed by atoms with E-state index in [9.17, 15) is 18.8 Å². The minimum absolute atomic E-state index is 0.0580. The number of carbonyl (C=O) groups excluding carboxylic acids is 3. The van der Waals surface area contributed by atoms with Crippen molar-refractivity contribution in [2.75, 3.05) is 0 Å². The van der Waals surface area contributed by atoms with Crippen LogP contribution in [0.5, 0.6) is 0 Å². The van der Waals surface area contributed by atoms with Crippen LogP contribution in [0.1, 0.15) is 53.3 Å². The number of halogens is 2. The van der Waals surface area contributed by atoms with Gasteiger partial charge in [0.1, 0.15) is 17.3 Å². The third-order valence-corrected chi connectivity index (χ3v) is 3.59. The Morgan fingerprint density at radius 3 is 2.50 bits per heavy atom. The summed E-state index contributed by atoms with van der Waals surface area (Å²) in [4.78, 5) is 40.3. The maximum atomic E-state index is 13.2. The van der Waals surface area contributed by atoms with Crippen LogP contribution in [-0.2, 0) is 11.2 Å². The molecule has 2 rings (SSSR count). The fourth-order valence-corrected chi connectivity index (χ4v) is 2.37. The van der Waals surface area contributed by atoms with Gasteiger partial charge in [-0.3, -0.25) is 14.4 Å². The Hall–Kier alpha value is -2.54. The number of rotatable bonds is 5. The van der Waals surface area contributed by atoms with Crippen LogP contribution in [0.25, 0.3) is 0 Å². The van der Waals surface area contributed by atoms with E-state index in [1.807, 2.05) is 0 Å². The average molecular weight is 381 g/mol. The first-order valence-corrected chi connectivity index (χ1v) is 8.17. The number of benzene rings is 1. The summed E-state index contributed by atoms with van der Waals surface area (Å²) in [7, 11) is 0. The van der Waals surface area contributed by atoms with E-state index in [1.54, 1.807) is 20.8 Å². The van der Waals surface area contributed by atoms with Gasteiger partial charge in [-0.15, -0.1) is 0 Å². The lowest BCUT2D eigenvalue weighted by molar-refractivity contribution is -0.118. The molecule has 1 heterocycles. The number of amides is 1. The molecule has 26 heavy (non-hydrogen) atoms. The Kier molecular flexibility index (Phi) is 5.61. The van der Waals surface area contributed by atoms with E-state index >= 15 is 0 Å². The van der Waals surface area contributed by atoms with Crippen LogP contribution in [0.4, 0.5) is 4.39 Å². The number of oxazole rings is 1. The molecule has 0 aliphatic carbocycles. The predicted molar refractivity (Wildman–Crippen MR) is 92.9 cm³/mol. The van der Waals surface area contributed by atoms with Crippen molar-refractivity contribution in [2.24, 2.45) is 0 Å². The van der Waals surface area contributed by atoms with Gasteiger partial charge in [0, 0.05) is 12.0 Å². The molecule has 0 saturated carbocycles. The Morgan fingerprint density at radius 1 is 1.27 bits per heavy atom. The van der Waals surface area contributed by atoms with Crippen molar-refractivity contribution in [3.8, 4) is 0 Å². The topological polar surface area (TPSA) is 89.3 Å². The summed E-state index contributed by atoms with van der Waals surface area (Å²) in [6.07, 6.45) is -0.102. The molecule has 0 saturated heterocycles. The fraction of sp³-hybridized carbons (Fsp3) is 0.333. The minimum atomic E-state index is -0.966. The molecule has 0 unspecified atom stereocenters. The van der Waals surface area contributed by atoms with E-state index in [0.29, 0.717) is 5.56 Å². The molecular formula is C18H18ClFN2O4. The average Bonchev–Trinajstić information content (AvgIpc) is 2.90. The molecule has 0 bridgehead atoms. The molecule has 2 aromatic rings. The largest absolute Gasteiger partial charge is 0.438 e. The molecule has 0 spiro atoms. The summed E-state index contributed by atoms with van der Waals surface area (Å²) < 4.78 is 18.4. The van der Waals surface area contributed by atoms with Crippen molar-refractivity contribution < 1.29 is 23.2 Å². The first-order chi connectivity index (χ1) is 12.0. The maximum Gasteiger partial charge on any atom is 0.304 e. The Morgan fingerprint density at radius 2 is 1.92 bits per heavy atom. The van der Waals surface area contributed by atoms with E-state index in [1.165, 1.54) is 19.1 Å². The van der Waals surface area contributed by atoms with Crippen LogP contribution >= 0.6 is 11.6 Å². The zero-order valence-corrected chi connectivity index (χ0v) is 15.5. The third kappa shape index (κ3) is 4.76. The van der Waals surface area contributed by atoms with Crippen LogP contribution in [0.15, 0.2) is 22.6 Å². The molecule has 1 aromatic heterocycles. The highest BCUT2D eigenvalue weighted by Crippen LogP contribution is 2.19. The van der Waals surface area contributed by atoms with Crippen molar-refractivity contribution in [3.05, 3.63) is 51.9 Å². The molecule has 138 valence electrons. The number of ketones is 2. The zero-order valence-electron chi connectivity index (χ0n) is 14.8. The molecule has 0 aliphatic heterocycles. The number of Topliss-reactive ketones (excluding diaryl/α,β-unsaturated/α-hetero) is 2. The van der Waals surface area contributed by atoms with Crippen molar-refractivity contribution in [2.45, 2.75) is 39.7 Å². The SMILES string of the molecule is Cc1oc(C(=O)C(=O)NC(C)(C)C)nc1C(=O)Cc1ccc(F)c(Cl)c1. The van der Waals surface area contributed by atoms with Gasteiger partial charge in [-0.25, -0.2) is 9.37 Å². The lowest BCUT2D eigenvalue weighted by Gasteiger charge is -2.19. The normalized spacial score (nSPS) is 11.3. The first-order valence-electron chi connectivity index (χ1n) is 7.79. The molecule has 8 heteroatoms. The van der Waals surface area contributed by atoms with E-state index in [4.69, 9.17) is 16.0 Å².